The first-order chi connectivity index (χ1) is 11.9. The number of benzene rings is 2. The largest absolute Gasteiger partial charge is 0.497 e. The fourth-order valence-electron chi connectivity index (χ4n) is 2.32. The highest BCUT2D eigenvalue weighted by Gasteiger charge is 2.23. The van der Waals surface area contributed by atoms with E-state index in [1.165, 1.54) is 20.2 Å². The minimum absolute atomic E-state index is 0.00830. The zero-order chi connectivity index (χ0) is 18.4. The van der Waals surface area contributed by atoms with E-state index in [2.05, 4.69) is 10.6 Å². The van der Waals surface area contributed by atoms with Gasteiger partial charge in [-0.15, -0.1) is 0 Å². The fourth-order valence-corrected chi connectivity index (χ4v) is 2.32. The highest BCUT2D eigenvalue weighted by atomic mass is 19.2. The summed E-state index contributed by atoms with van der Waals surface area (Å²) in [5, 5.41) is 4.93. The SMILES string of the molecule is CNC(=O)C(NC(=O)Cc1cccc(OC)c1)c1ccc(F)c(F)c1. The molecular formula is C18H18F2N2O3. The molecule has 2 amide bonds. The molecule has 0 bridgehead atoms. The van der Waals surface area contributed by atoms with E-state index in [0.717, 1.165) is 12.1 Å². The van der Waals surface area contributed by atoms with Gasteiger partial charge in [-0.3, -0.25) is 9.59 Å². The number of nitrogens with one attached hydrogen (secondary N) is 2. The number of carbonyl (C=O) groups is 2. The molecule has 132 valence electrons. The van der Waals surface area contributed by atoms with Crippen LogP contribution in [0.3, 0.4) is 0 Å². The summed E-state index contributed by atoms with van der Waals surface area (Å²) in [6.07, 6.45) is 0.00830. The van der Waals surface area contributed by atoms with Crippen molar-refractivity contribution in [1.82, 2.24) is 10.6 Å². The molecule has 1 atom stereocenters. The molecule has 0 heterocycles. The van der Waals surface area contributed by atoms with E-state index in [1.54, 1.807) is 24.3 Å². The van der Waals surface area contributed by atoms with E-state index >= 15 is 0 Å². The van der Waals surface area contributed by atoms with Gasteiger partial charge in [0, 0.05) is 7.05 Å². The van der Waals surface area contributed by atoms with Gasteiger partial charge in [0.15, 0.2) is 11.6 Å². The molecule has 0 aliphatic carbocycles. The number of amides is 2. The van der Waals surface area contributed by atoms with Crippen molar-refractivity contribution in [2.45, 2.75) is 12.5 Å². The van der Waals surface area contributed by atoms with E-state index in [1.807, 2.05) is 0 Å². The maximum Gasteiger partial charge on any atom is 0.246 e. The molecule has 0 saturated carbocycles. The fraction of sp³-hybridized carbons (Fsp3) is 0.222. The quantitative estimate of drug-likeness (QED) is 0.840. The molecule has 0 aromatic heterocycles. The molecule has 25 heavy (non-hydrogen) atoms. The van der Waals surface area contributed by atoms with Gasteiger partial charge < -0.3 is 15.4 Å². The Labute approximate surface area is 144 Å². The molecule has 5 nitrogen and oxygen atoms in total. The number of ether oxygens (including phenoxy) is 1. The van der Waals surface area contributed by atoms with Crippen LogP contribution in [0.4, 0.5) is 8.78 Å². The van der Waals surface area contributed by atoms with Crippen LogP contribution in [0.15, 0.2) is 42.5 Å². The third-order valence-electron chi connectivity index (χ3n) is 3.59. The Morgan fingerprint density at radius 3 is 2.52 bits per heavy atom. The van der Waals surface area contributed by atoms with Crippen LogP contribution in [0.5, 0.6) is 5.75 Å². The normalized spacial score (nSPS) is 11.5. The van der Waals surface area contributed by atoms with Crippen LogP contribution < -0.4 is 15.4 Å². The lowest BCUT2D eigenvalue weighted by atomic mass is 10.0. The van der Waals surface area contributed by atoms with E-state index in [4.69, 9.17) is 4.74 Å². The van der Waals surface area contributed by atoms with Crippen LogP contribution in [0.2, 0.25) is 0 Å². The number of halogens is 2. The Hall–Kier alpha value is -2.96. The number of carbonyl (C=O) groups excluding carboxylic acids is 2. The molecule has 0 aliphatic rings. The van der Waals surface area contributed by atoms with E-state index in [-0.39, 0.29) is 12.0 Å². The van der Waals surface area contributed by atoms with Crippen molar-refractivity contribution in [3.05, 3.63) is 65.2 Å². The summed E-state index contributed by atoms with van der Waals surface area (Å²) in [5.41, 5.74) is 0.843. The zero-order valence-electron chi connectivity index (χ0n) is 13.8. The molecule has 7 heteroatoms. The average Bonchev–Trinajstić information content (AvgIpc) is 2.61. The third kappa shape index (κ3) is 4.76. The summed E-state index contributed by atoms with van der Waals surface area (Å²) < 4.78 is 31.6. The van der Waals surface area contributed by atoms with Crippen molar-refractivity contribution in [3.63, 3.8) is 0 Å². The Balaban J connectivity index is 2.17. The van der Waals surface area contributed by atoms with Gasteiger partial charge in [0.2, 0.25) is 11.8 Å². The van der Waals surface area contributed by atoms with Gasteiger partial charge in [0.25, 0.3) is 0 Å². The summed E-state index contributed by atoms with van der Waals surface area (Å²) >= 11 is 0. The molecule has 2 N–H and O–H groups in total. The number of rotatable bonds is 6. The first kappa shape index (κ1) is 18.4. The van der Waals surface area contributed by atoms with Gasteiger partial charge in [-0.05, 0) is 35.4 Å². The third-order valence-corrected chi connectivity index (χ3v) is 3.59. The minimum Gasteiger partial charge on any atom is -0.497 e. The second-order valence-electron chi connectivity index (χ2n) is 5.32. The Morgan fingerprint density at radius 1 is 1.12 bits per heavy atom. The Morgan fingerprint density at radius 2 is 1.88 bits per heavy atom. The van der Waals surface area contributed by atoms with Crippen molar-refractivity contribution in [3.8, 4) is 5.75 Å². The van der Waals surface area contributed by atoms with Crippen molar-refractivity contribution in [1.29, 1.82) is 0 Å². The second kappa shape index (κ2) is 8.23. The summed E-state index contributed by atoms with van der Waals surface area (Å²) in [6.45, 7) is 0. The summed E-state index contributed by atoms with van der Waals surface area (Å²) in [5.74, 6) is -2.49. The lowest BCUT2D eigenvalue weighted by molar-refractivity contribution is -0.128. The molecule has 0 aliphatic heterocycles. The van der Waals surface area contributed by atoms with Gasteiger partial charge in [-0.1, -0.05) is 18.2 Å². The molecule has 2 rings (SSSR count). The molecule has 0 fully saturated rings. The summed E-state index contributed by atoms with van der Waals surface area (Å²) in [7, 11) is 2.91. The Bertz CT molecular complexity index is 781. The number of hydrogen-bond acceptors (Lipinski definition) is 3. The maximum absolute atomic E-state index is 13.4. The van der Waals surface area contributed by atoms with E-state index in [9.17, 15) is 18.4 Å². The van der Waals surface area contributed by atoms with Crippen LogP contribution in [0.1, 0.15) is 17.2 Å². The summed E-state index contributed by atoms with van der Waals surface area (Å²) in [4.78, 5) is 24.3. The van der Waals surface area contributed by atoms with Crippen molar-refractivity contribution in [2.24, 2.45) is 0 Å². The highest BCUT2D eigenvalue weighted by Crippen LogP contribution is 2.18. The lowest BCUT2D eigenvalue weighted by Crippen LogP contribution is -2.39. The van der Waals surface area contributed by atoms with E-state index in [0.29, 0.717) is 11.3 Å². The molecule has 0 saturated heterocycles. The van der Waals surface area contributed by atoms with Crippen molar-refractivity contribution in [2.75, 3.05) is 14.2 Å². The van der Waals surface area contributed by atoms with Crippen molar-refractivity contribution >= 4 is 11.8 Å². The van der Waals surface area contributed by atoms with Crippen LogP contribution in [0.25, 0.3) is 0 Å². The summed E-state index contributed by atoms with van der Waals surface area (Å²) in [6, 6.07) is 8.86. The van der Waals surface area contributed by atoms with Gasteiger partial charge in [-0.25, -0.2) is 8.78 Å². The maximum atomic E-state index is 13.4. The first-order valence-electron chi connectivity index (χ1n) is 7.53. The molecule has 2 aromatic rings. The standard InChI is InChI=1S/C18H18F2N2O3/c1-21-18(24)17(12-6-7-14(19)15(20)10-12)22-16(23)9-11-4-3-5-13(8-11)25-2/h3-8,10,17H,9H2,1-2H3,(H,21,24)(H,22,23). The predicted octanol–water partition coefficient (Wildman–Crippen LogP) is 2.12. The van der Waals surface area contributed by atoms with Gasteiger partial charge in [-0.2, -0.15) is 0 Å². The highest BCUT2D eigenvalue weighted by molar-refractivity contribution is 5.89. The van der Waals surface area contributed by atoms with Gasteiger partial charge >= 0.3 is 0 Å². The molecule has 0 spiro atoms. The minimum atomic E-state index is -1.13. The molecule has 1 unspecified atom stereocenters. The second-order valence-corrected chi connectivity index (χ2v) is 5.32. The monoisotopic (exact) mass is 348 g/mol. The molecule has 2 aromatic carbocycles. The topological polar surface area (TPSA) is 67.4 Å². The lowest BCUT2D eigenvalue weighted by Gasteiger charge is -2.18. The van der Waals surface area contributed by atoms with Gasteiger partial charge in [0.05, 0.1) is 13.5 Å². The Kier molecular flexibility index (Phi) is 6.05. The first-order valence-corrected chi connectivity index (χ1v) is 7.53. The smallest absolute Gasteiger partial charge is 0.246 e. The van der Waals surface area contributed by atoms with Crippen LogP contribution in [0, 0.1) is 11.6 Å². The van der Waals surface area contributed by atoms with Crippen LogP contribution >= 0.6 is 0 Å². The number of likely N-dealkylation sites (N-methyl/N-ethyl adjacent to an activating group) is 1. The molecular weight excluding hydrogens is 330 g/mol. The van der Waals surface area contributed by atoms with E-state index < -0.39 is 29.5 Å². The van der Waals surface area contributed by atoms with Gasteiger partial charge in [0.1, 0.15) is 11.8 Å². The zero-order valence-corrected chi connectivity index (χ0v) is 13.8. The number of methoxy groups -OCH3 is 1. The van der Waals surface area contributed by atoms with Crippen molar-refractivity contribution < 1.29 is 23.1 Å². The molecule has 0 radical (unpaired) electrons. The number of hydrogen-bond donors (Lipinski definition) is 2. The van der Waals surface area contributed by atoms with Crippen LogP contribution in [-0.4, -0.2) is 26.0 Å². The predicted molar refractivity (Wildman–Crippen MR) is 88.0 cm³/mol. The van der Waals surface area contributed by atoms with Crippen LogP contribution in [-0.2, 0) is 16.0 Å². The average molecular weight is 348 g/mol.